The van der Waals surface area contributed by atoms with Crippen molar-refractivity contribution in [3.05, 3.63) is 29.2 Å². The van der Waals surface area contributed by atoms with Gasteiger partial charge in [-0.2, -0.15) is 5.10 Å². The fourth-order valence-corrected chi connectivity index (χ4v) is 2.43. The predicted octanol–water partition coefficient (Wildman–Crippen LogP) is 1.58. The molecule has 1 fully saturated rings. The average Bonchev–Trinajstić information content (AvgIpc) is 2.96. The second kappa shape index (κ2) is 4.08. The summed E-state index contributed by atoms with van der Waals surface area (Å²) in [6, 6.07) is 3.72. The first-order chi connectivity index (χ1) is 8.65. The largest absolute Gasteiger partial charge is 0.337 e. The number of nitrogens with zero attached hydrogens (tertiary/aromatic N) is 4. The number of rotatable bonds is 1. The first-order valence-electron chi connectivity index (χ1n) is 6.28. The molecule has 0 atom stereocenters. The van der Waals surface area contributed by atoms with E-state index in [0.717, 1.165) is 43.0 Å². The van der Waals surface area contributed by atoms with Crippen molar-refractivity contribution < 1.29 is 4.79 Å². The maximum absolute atomic E-state index is 12.3. The van der Waals surface area contributed by atoms with Crippen LogP contribution < -0.4 is 0 Å². The summed E-state index contributed by atoms with van der Waals surface area (Å²) >= 11 is 0. The third kappa shape index (κ3) is 1.75. The number of fused-ring (bicyclic) bond motifs is 1. The summed E-state index contributed by atoms with van der Waals surface area (Å²) in [6.07, 6.45) is 2.19. The molecular weight excluding hydrogens is 228 g/mol. The van der Waals surface area contributed by atoms with Crippen LogP contribution in [0.15, 0.2) is 12.1 Å². The molecule has 5 nitrogen and oxygen atoms in total. The van der Waals surface area contributed by atoms with E-state index in [0.29, 0.717) is 5.69 Å². The minimum Gasteiger partial charge on any atom is -0.337 e. The standard InChI is InChI=1S/C13H16N4O/c1-9-7-12-14-11(8-10(2)17(12)15-9)13(18)16-5-3-4-6-16/h7-8H,3-6H2,1-2H3. The molecule has 1 aliphatic rings. The van der Waals surface area contributed by atoms with Crippen molar-refractivity contribution in [2.45, 2.75) is 26.7 Å². The highest BCUT2D eigenvalue weighted by atomic mass is 16.2. The van der Waals surface area contributed by atoms with Gasteiger partial charge in [-0.25, -0.2) is 9.50 Å². The summed E-state index contributed by atoms with van der Waals surface area (Å²) in [5.41, 5.74) is 3.13. The van der Waals surface area contributed by atoms with Crippen LogP contribution in [0.3, 0.4) is 0 Å². The Morgan fingerprint density at radius 1 is 1.22 bits per heavy atom. The topological polar surface area (TPSA) is 50.5 Å². The summed E-state index contributed by atoms with van der Waals surface area (Å²) in [4.78, 5) is 18.6. The predicted molar refractivity (Wildman–Crippen MR) is 67.6 cm³/mol. The van der Waals surface area contributed by atoms with Crippen molar-refractivity contribution in [1.29, 1.82) is 0 Å². The zero-order valence-corrected chi connectivity index (χ0v) is 10.7. The van der Waals surface area contributed by atoms with Crippen LogP contribution in [0, 0.1) is 13.8 Å². The number of hydrogen-bond donors (Lipinski definition) is 0. The van der Waals surface area contributed by atoms with Crippen molar-refractivity contribution in [2.75, 3.05) is 13.1 Å². The van der Waals surface area contributed by atoms with Crippen molar-refractivity contribution in [3.63, 3.8) is 0 Å². The van der Waals surface area contributed by atoms with Gasteiger partial charge in [-0.1, -0.05) is 0 Å². The van der Waals surface area contributed by atoms with E-state index in [2.05, 4.69) is 10.1 Å². The molecule has 1 saturated heterocycles. The molecule has 18 heavy (non-hydrogen) atoms. The highest BCUT2D eigenvalue weighted by Crippen LogP contribution is 2.14. The highest BCUT2D eigenvalue weighted by Gasteiger charge is 2.21. The molecule has 0 N–H and O–H groups in total. The summed E-state index contributed by atoms with van der Waals surface area (Å²) < 4.78 is 1.77. The van der Waals surface area contributed by atoms with Crippen LogP contribution in [0.25, 0.3) is 5.65 Å². The number of carbonyl (C=O) groups excluding carboxylic acids is 1. The van der Waals surface area contributed by atoms with Gasteiger partial charge in [-0.05, 0) is 32.8 Å². The van der Waals surface area contributed by atoms with Crippen LogP contribution in [-0.2, 0) is 0 Å². The molecule has 94 valence electrons. The Balaban J connectivity index is 2.03. The van der Waals surface area contributed by atoms with Gasteiger partial charge in [0.2, 0.25) is 0 Å². The van der Waals surface area contributed by atoms with Gasteiger partial charge in [0.1, 0.15) is 5.69 Å². The van der Waals surface area contributed by atoms with Crippen molar-refractivity contribution in [1.82, 2.24) is 19.5 Å². The zero-order chi connectivity index (χ0) is 12.7. The van der Waals surface area contributed by atoms with Gasteiger partial charge in [-0.3, -0.25) is 4.79 Å². The lowest BCUT2D eigenvalue weighted by Gasteiger charge is -2.14. The number of amides is 1. The molecule has 0 aliphatic carbocycles. The minimum absolute atomic E-state index is 0.0388. The molecule has 3 heterocycles. The monoisotopic (exact) mass is 244 g/mol. The quantitative estimate of drug-likeness (QED) is 0.765. The van der Waals surface area contributed by atoms with Crippen LogP contribution in [-0.4, -0.2) is 38.5 Å². The Morgan fingerprint density at radius 3 is 2.67 bits per heavy atom. The summed E-state index contributed by atoms with van der Waals surface area (Å²) in [5.74, 6) is 0.0388. The van der Waals surface area contributed by atoms with Crippen molar-refractivity contribution >= 4 is 11.6 Å². The Hall–Kier alpha value is -1.91. The molecule has 0 bridgehead atoms. The molecule has 0 unspecified atom stereocenters. The third-order valence-electron chi connectivity index (χ3n) is 3.34. The first-order valence-corrected chi connectivity index (χ1v) is 6.28. The molecule has 0 radical (unpaired) electrons. The molecule has 2 aromatic heterocycles. The van der Waals surface area contributed by atoms with Gasteiger partial charge in [0.15, 0.2) is 5.65 Å². The smallest absolute Gasteiger partial charge is 0.272 e. The number of aryl methyl sites for hydroxylation is 2. The van der Waals surface area contributed by atoms with Crippen LogP contribution in [0.5, 0.6) is 0 Å². The first kappa shape index (κ1) is 11.2. The van der Waals surface area contributed by atoms with Crippen LogP contribution in [0.4, 0.5) is 0 Å². The molecule has 3 rings (SSSR count). The normalized spacial score (nSPS) is 15.6. The second-order valence-electron chi connectivity index (χ2n) is 4.84. The Morgan fingerprint density at radius 2 is 1.94 bits per heavy atom. The van der Waals surface area contributed by atoms with E-state index in [1.54, 1.807) is 4.52 Å². The molecule has 1 aliphatic heterocycles. The Labute approximate surface area is 105 Å². The molecular formula is C13H16N4O. The molecule has 0 saturated carbocycles. The SMILES string of the molecule is Cc1cc2nc(C(=O)N3CCCC3)cc(C)n2n1. The van der Waals surface area contributed by atoms with Gasteiger partial charge >= 0.3 is 0 Å². The van der Waals surface area contributed by atoms with Crippen LogP contribution >= 0.6 is 0 Å². The fraction of sp³-hybridized carbons (Fsp3) is 0.462. The van der Waals surface area contributed by atoms with E-state index in [4.69, 9.17) is 0 Å². The third-order valence-corrected chi connectivity index (χ3v) is 3.34. The van der Waals surface area contributed by atoms with E-state index >= 15 is 0 Å². The average molecular weight is 244 g/mol. The fourth-order valence-electron chi connectivity index (χ4n) is 2.43. The van der Waals surface area contributed by atoms with Gasteiger partial charge in [-0.15, -0.1) is 0 Å². The maximum Gasteiger partial charge on any atom is 0.272 e. The molecule has 1 amide bonds. The lowest BCUT2D eigenvalue weighted by Crippen LogP contribution is -2.28. The minimum atomic E-state index is 0.0388. The van der Waals surface area contributed by atoms with Crippen molar-refractivity contribution in [2.24, 2.45) is 0 Å². The number of hydrogen-bond acceptors (Lipinski definition) is 3. The Bertz CT molecular complexity index is 611. The second-order valence-corrected chi connectivity index (χ2v) is 4.84. The molecule has 5 heteroatoms. The van der Waals surface area contributed by atoms with Gasteiger partial charge in [0.25, 0.3) is 5.91 Å². The summed E-state index contributed by atoms with van der Waals surface area (Å²) in [7, 11) is 0. The van der Waals surface area contributed by atoms with E-state index in [1.807, 2.05) is 30.9 Å². The summed E-state index contributed by atoms with van der Waals surface area (Å²) in [5, 5.41) is 4.34. The van der Waals surface area contributed by atoms with Crippen LogP contribution in [0.2, 0.25) is 0 Å². The molecule has 0 aromatic carbocycles. The lowest BCUT2D eigenvalue weighted by atomic mass is 10.3. The number of aromatic nitrogens is 3. The maximum atomic E-state index is 12.3. The summed E-state index contributed by atoms with van der Waals surface area (Å²) in [6.45, 7) is 5.57. The van der Waals surface area contributed by atoms with E-state index < -0.39 is 0 Å². The Kier molecular flexibility index (Phi) is 2.54. The zero-order valence-electron chi connectivity index (χ0n) is 10.7. The lowest BCUT2D eigenvalue weighted by molar-refractivity contribution is 0.0787. The number of likely N-dealkylation sites (tertiary alicyclic amines) is 1. The van der Waals surface area contributed by atoms with E-state index in [-0.39, 0.29) is 5.91 Å². The van der Waals surface area contributed by atoms with E-state index in [9.17, 15) is 4.79 Å². The molecule has 2 aromatic rings. The van der Waals surface area contributed by atoms with E-state index in [1.165, 1.54) is 0 Å². The van der Waals surface area contributed by atoms with Gasteiger partial charge in [0.05, 0.1) is 5.69 Å². The highest BCUT2D eigenvalue weighted by molar-refractivity contribution is 5.93. The van der Waals surface area contributed by atoms with Gasteiger partial charge in [0, 0.05) is 24.8 Å². The number of carbonyl (C=O) groups is 1. The van der Waals surface area contributed by atoms with Crippen LogP contribution in [0.1, 0.15) is 34.7 Å². The molecule has 0 spiro atoms. The van der Waals surface area contributed by atoms with Crippen molar-refractivity contribution in [3.8, 4) is 0 Å². The van der Waals surface area contributed by atoms with Gasteiger partial charge < -0.3 is 4.90 Å².